The van der Waals surface area contributed by atoms with Crippen molar-refractivity contribution in [3.05, 3.63) is 63.8 Å². The lowest BCUT2D eigenvalue weighted by atomic mass is 10.1. The van der Waals surface area contributed by atoms with Gasteiger partial charge in [-0.1, -0.05) is 0 Å². The van der Waals surface area contributed by atoms with Gasteiger partial charge in [0.15, 0.2) is 5.78 Å². The van der Waals surface area contributed by atoms with Crippen LogP contribution < -0.4 is 10.4 Å². The first-order valence-corrected chi connectivity index (χ1v) is 7.84. The maximum Gasteiger partial charge on any atom is 0.355 e. The average Bonchev–Trinajstić information content (AvgIpc) is 3.00. The molecule has 0 aliphatic heterocycles. The van der Waals surface area contributed by atoms with E-state index in [0.29, 0.717) is 27.8 Å². The number of hydrogen-bond acceptors (Lipinski definition) is 6. The second kappa shape index (κ2) is 6.87. The largest absolute Gasteiger partial charge is 0.497 e. The van der Waals surface area contributed by atoms with Gasteiger partial charge in [-0.15, -0.1) is 0 Å². The topological polar surface area (TPSA) is 87.7 Å². The molecule has 7 heteroatoms. The molecule has 0 spiro atoms. The van der Waals surface area contributed by atoms with Gasteiger partial charge in [-0.05, 0) is 25.1 Å². The standard InChI is InChI=1S/C19H17NO6/c1-11(21)12-6-16(20(2)9-12)19(23)25-10-13-7-18(22)26-17-8-14(24-3)4-5-15(13)17/h4-9H,10H2,1-3H3. The van der Waals surface area contributed by atoms with Gasteiger partial charge in [-0.25, -0.2) is 9.59 Å². The summed E-state index contributed by atoms with van der Waals surface area (Å²) in [6.07, 6.45) is 1.57. The van der Waals surface area contributed by atoms with Crippen LogP contribution in [0, 0.1) is 0 Å². The third-order valence-electron chi connectivity index (χ3n) is 4.02. The summed E-state index contributed by atoms with van der Waals surface area (Å²) in [5.41, 5.74) is 1.00. The van der Waals surface area contributed by atoms with E-state index in [1.54, 1.807) is 31.4 Å². The summed E-state index contributed by atoms with van der Waals surface area (Å²) in [5, 5.41) is 0.648. The molecule has 26 heavy (non-hydrogen) atoms. The molecule has 2 aromatic heterocycles. The molecule has 0 fully saturated rings. The van der Waals surface area contributed by atoms with Crippen molar-refractivity contribution >= 4 is 22.7 Å². The van der Waals surface area contributed by atoms with Crippen molar-refractivity contribution in [2.24, 2.45) is 7.05 Å². The Morgan fingerprint density at radius 3 is 2.62 bits per heavy atom. The quantitative estimate of drug-likeness (QED) is 0.397. The van der Waals surface area contributed by atoms with E-state index in [0.717, 1.165) is 0 Å². The van der Waals surface area contributed by atoms with E-state index >= 15 is 0 Å². The fraction of sp³-hybridized carbons (Fsp3) is 0.211. The summed E-state index contributed by atoms with van der Waals surface area (Å²) in [6, 6.07) is 7.82. The van der Waals surface area contributed by atoms with Crippen LogP contribution >= 0.6 is 0 Å². The zero-order valence-corrected chi connectivity index (χ0v) is 14.6. The molecule has 0 atom stereocenters. The van der Waals surface area contributed by atoms with Gasteiger partial charge < -0.3 is 18.5 Å². The minimum Gasteiger partial charge on any atom is -0.497 e. The van der Waals surface area contributed by atoms with E-state index < -0.39 is 11.6 Å². The average molecular weight is 355 g/mol. The lowest BCUT2D eigenvalue weighted by Gasteiger charge is -2.08. The Labute approximate surface area is 148 Å². The van der Waals surface area contributed by atoms with Gasteiger partial charge in [0, 0.05) is 41.9 Å². The van der Waals surface area contributed by atoms with Gasteiger partial charge in [0.2, 0.25) is 0 Å². The van der Waals surface area contributed by atoms with Crippen LogP contribution in [0.15, 0.2) is 45.7 Å². The van der Waals surface area contributed by atoms with E-state index in [2.05, 4.69) is 0 Å². The Hall–Kier alpha value is -3.35. The Kier molecular flexibility index (Phi) is 4.62. The minimum atomic E-state index is -0.588. The normalized spacial score (nSPS) is 10.7. The number of hydrogen-bond donors (Lipinski definition) is 0. The van der Waals surface area contributed by atoms with Gasteiger partial charge in [-0.3, -0.25) is 4.79 Å². The van der Waals surface area contributed by atoms with Crippen LogP contribution in [-0.2, 0) is 18.4 Å². The number of Topliss-reactive ketones (excluding diaryl/α,β-unsaturated/α-hetero) is 1. The Morgan fingerprint density at radius 2 is 1.96 bits per heavy atom. The predicted octanol–water partition coefficient (Wildman–Crippen LogP) is 2.70. The number of aromatic nitrogens is 1. The molecule has 0 N–H and O–H groups in total. The third-order valence-corrected chi connectivity index (χ3v) is 4.02. The van der Waals surface area contributed by atoms with Gasteiger partial charge in [0.25, 0.3) is 0 Å². The Bertz CT molecular complexity index is 1060. The molecular weight excluding hydrogens is 338 g/mol. The number of fused-ring (bicyclic) bond motifs is 1. The summed E-state index contributed by atoms with van der Waals surface area (Å²) in [5.74, 6) is -0.175. The summed E-state index contributed by atoms with van der Waals surface area (Å²) in [4.78, 5) is 35.5. The van der Waals surface area contributed by atoms with Gasteiger partial charge in [-0.2, -0.15) is 0 Å². The maximum atomic E-state index is 12.3. The molecule has 2 heterocycles. The summed E-state index contributed by atoms with van der Waals surface area (Å²) in [6.45, 7) is 1.32. The Balaban J connectivity index is 1.86. The molecule has 0 aliphatic rings. The third kappa shape index (κ3) is 3.37. The zero-order valence-electron chi connectivity index (χ0n) is 14.6. The first-order chi connectivity index (χ1) is 12.4. The molecule has 0 aliphatic carbocycles. The highest BCUT2D eigenvalue weighted by atomic mass is 16.5. The van der Waals surface area contributed by atoms with E-state index in [1.807, 2.05) is 0 Å². The molecule has 0 bridgehead atoms. The molecule has 134 valence electrons. The van der Waals surface area contributed by atoms with Crippen molar-refractivity contribution in [3.63, 3.8) is 0 Å². The number of rotatable bonds is 5. The van der Waals surface area contributed by atoms with E-state index in [4.69, 9.17) is 13.9 Å². The maximum absolute atomic E-state index is 12.3. The van der Waals surface area contributed by atoms with E-state index in [9.17, 15) is 14.4 Å². The zero-order chi connectivity index (χ0) is 18.8. The van der Waals surface area contributed by atoms with Crippen LogP contribution in [0.3, 0.4) is 0 Å². The van der Waals surface area contributed by atoms with Crippen LogP contribution in [0.2, 0.25) is 0 Å². The highest BCUT2D eigenvalue weighted by Gasteiger charge is 2.16. The van der Waals surface area contributed by atoms with Crippen LogP contribution in [-0.4, -0.2) is 23.4 Å². The van der Waals surface area contributed by atoms with Crippen LogP contribution in [0.5, 0.6) is 5.75 Å². The number of ketones is 1. The minimum absolute atomic E-state index is 0.103. The molecule has 1 aromatic carbocycles. The number of esters is 1. The molecule has 7 nitrogen and oxygen atoms in total. The fourth-order valence-electron chi connectivity index (χ4n) is 2.63. The second-order valence-corrected chi connectivity index (χ2v) is 5.81. The molecule has 0 unspecified atom stereocenters. The van der Waals surface area contributed by atoms with Crippen molar-refractivity contribution in [2.45, 2.75) is 13.5 Å². The lowest BCUT2D eigenvalue weighted by molar-refractivity contribution is 0.0462. The number of benzene rings is 1. The van der Waals surface area contributed by atoms with Crippen LogP contribution in [0.1, 0.15) is 33.3 Å². The Morgan fingerprint density at radius 1 is 1.19 bits per heavy atom. The fourth-order valence-corrected chi connectivity index (χ4v) is 2.63. The second-order valence-electron chi connectivity index (χ2n) is 5.81. The van der Waals surface area contributed by atoms with E-state index in [-0.39, 0.29) is 18.1 Å². The first kappa shape index (κ1) is 17.5. The highest BCUT2D eigenvalue weighted by molar-refractivity contribution is 5.97. The monoisotopic (exact) mass is 355 g/mol. The van der Waals surface area contributed by atoms with Crippen LogP contribution in [0.4, 0.5) is 0 Å². The van der Waals surface area contributed by atoms with Crippen molar-refractivity contribution in [1.82, 2.24) is 4.57 Å². The predicted molar refractivity (Wildman–Crippen MR) is 93.6 cm³/mol. The van der Waals surface area contributed by atoms with Crippen LogP contribution in [0.25, 0.3) is 11.0 Å². The number of ether oxygens (including phenoxy) is 2. The molecule has 0 saturated heterocycles. The smallest absolute Gasteiger partial charge is 0.355 e. The number of carbonyl (C=O) groups is 2. The SMILES string of the molecule is COc1ccc2c(COC(=O)c3cc(C(C)=O)cn3C)cc(=O)oc2c1. The lowest BCUT2D eigenvalue weighted by Crippen LogP contribution is -2.11. The number of carbonyl (C=O) groups excluding carboxylic acids is 2. The first-order valence-electron chi connectivity index (χ1n) is 7.84. The molecule has 0 saturated carbocycles. The molecule has 0 amide bonds. The van der Waals surface area contributed by atoms with Gasteiger partial charge in [0.1, 0.15) is 23.6 Å². The van der Waals surface area contributed by atoms with Gasteiger partial charge >= 0.3 is 11.6 Å². The van der Waals surface area contributed by atoms with Crippen molar-refractivity contribution in [3.8, 4) is 5.75 Å². The van der Waals surface area contributed by atoms with Crippen molar-refractivity contribution in [2.75, 3.05) is 7.11 Å². The number of aryl methyl sites for hydroxylation is 1. The molecular formula is C19H17NO6. The number of nitrogens with zero attached hydrogens (tertiary/aromatic N) is 1. The van der Waals surface area contributed by atoms with Crippen molar-refractivity contribution in [1.29, 1.82) is 0 Å². The summed E-state index contributed by atoms with van der Waals surface area (Å²) < 4.78 is 17.1. The highest BCUT2D eigenvalue weighted by Crippen LogP contribution is 2.23. The number of methoxy groups -OCH3 is 1. The molecule has 3 rings (SSSR count). The van der Waals surface area contributed by atoms with E-state index in [1.165, 1.54) is 30.7 Å². The summed E-state index contributed by atoms with van der Waals surface area (Å²) in [7, 11) is 3.17. The molecule has 0 radical (unpaired) electrons. The van der Waals surface area contributed by atoms with Gasteiger partial charge in [0.05, 0.1) is 7.11 Å². The summed E-state index contributed by atoms with van der Waals surface area (Å²) >= 11 is 0. The van der Waals surface area contributed by atoms with Crippen molar-refractivity contribution < 1.29 is 23.5 Å². The molecule has 3 aromatic rings.